The number of benzene rings is 2. The summed E-state index contributed by atoms with van der Waals surface area (Å²) in [6, 6.07) is 12.8. The highest BCUT2D eigenvalue weighted by atomic mass is 16.6. The fourth-order valence-electron chi connectivity index (χ4n) is 12.8. The molecule has 2 bridgehead atoms. The van der Waals surface area contributed by atoms with Gasteiger partial charge in [-0.25, -0.2) is 0 Å². The van der Waals surface area contributed by atoms with Gasteiger partial charge in [0.1, 0.15) is 5.60 Å². The number of nitrogens with zero attached hydrogens (tertiary/aromatic N) is 1. The van der Waals surface area contributed by atoms with E-state index in [0.717, 1.165) is 94.6 Å². The Labute approximate surface area is 381 Å². The smallest absolute Gasteiger partial charge is 0.207 e. The number of anilines is 1. The topological polar surface area (TPSA) is 174 Å². The summed E-state index contributed by atoms with van der Waals surface area (Å²) in [7, 11) is 5.16. The second-order valence-electron chi connectivity index (χ2n) is 19.5. The molecule has 7 rings (SSSR count). The van der Waals surface area contributed by atoms with Gasteiger partial charge in [0, 0.05) is 49.9 Å². The van der Waals surface area contributed by atoms with E-state index >= 15 is 4.79 Å². The van der Waals surface area contributed by atoms with Crippen LogP contribution in [0.4, 0.5) is 5.69 Å². The lowest BCUT2D eigenvalue weighted by molar-refractivity contribution is -0.125. The number of aliphatic imine (C=N–C) groups is 1. The zero-order valence-corrected chi connectivity index (χ0v) is 38.7. The molecule has 9 atom stereocenters. The summed E-state index contributed by atoms with van der Waals surface area (Å²) in [6.45, 7) is 3.12. The number of unbranched alkanes of at least 4 members (excludes halogenated alkanes) is 1. The second-order valence-corrected chi connectivity index (χ2v) is 19.5. The minimum atomic E-state index is -0.926. The minimum Gasteiger partial charge on any atom is -0.504 e. The number of hydrogen-bond donors (Lipinski definition) is 7. The summed E-state index contributed by atoms with van der Waals surface area (Å²) in [5.74, 6) is 5.78. The predicted octanol–water partition coefficient (Wildman–Crippen LogP) is 8.11. The van der Waals surface area contributed by atoms with E-state index in [9.17, 15) is 20.4 Å². The lowest BCUT2D eigenvalue weighted by Gasteiger charge is -2.50. The highest BCUT2D eigenvalue weighted by Gasteiger charge is 2.55. The Bertz CT molecular complexity index is 2050. The van der Waals surface area contributed by atoms with Crippen molar-refractivity contribution in [2.24, 2.45) is 40.0 Å². The van der Waals surface area contributed by atoms with Gasteiger partial charge in [0.05, 0.1) is 19.4 Å². The number of methoxy groups -OCH3 is 1. The first-order valence-corrected chi connectivity index (χ1v) is 24.2. The number of aliphatic hydroxyl groups is 2. The Morgan fingerprint density at radius 2 is 1.84 bits per heavy atom. The molecule has 12 nitrogen and oxygen atoms in total. The Kier molecular flexibility index (Phi) is 15.9. The number of phenolic OH excluding ortho intramolecular Hbond substituents is 2. The lowest BCUT2D eigenvalue weighted by atomic mass is 9.54. The van der Waals surface area contributed by atoms with Crippen molar-refractivity contribution in [2.45, 2.75) is 140 Å². The number of likely N-dealkylation sites (N-methyl/N-ethyl adjacent to an activating group) is 1. The number of allylic oxidation sites excluding steroid dienone is 2. The van der Waals surface area contributed by atoms with Crippen LogP contribution < -0.4 is 25.4 Å². The average molecular weight is 883 g/mol. The molecule has 5 aliphatic rings. The van der Waals surface area contributed by atoms with Crippen LogP contribution in [0.15, 0.2) is 47.5 Å². The number of carbonyl (C=O) groups is 1. The summed E-state index contributed by atoms with van der Waals surface area (Å²) in [4.78, 5) is 19.8. The highest BCUT2D eigenvalue weighted by Crippen LogP contribution is 2.61. The average Bonchev–Trinajstić information content (AvgIpc) is 4.02. The van der Waals surface area contributed by atoms with Crippen LogP contribution in [0, 0.1) is 47.0 Å². The molecule has 4 saturated carbocycles. The maximum absolute atomic E-state index is 15.3. The van der Waals surface area contributed by atoms with Crippen LogP contribution in [-0.4, -0.2) is 85.0 Å². The Balaban J connectivity index is 1.33. The molecular formula is C52H74N4O8. The number of ketones is 1. The Hall–Kier alpha value is -4.28. The zero-order chi connectivity index (χ0) is 45.3. The van der Waals surface area contributed by atoms with Crippen molar-refractivity contribution in [1.29, 1.82) is 0 Å². The normalized spacial score (nSPS) is 31.2. The quantitative estimate of drug-likeness (QED) is 0.0376. The van der Waals surface area contributed by atoms with Gasteiger partial charge in [-0.2, -0.15) is 0 Å². The number of fused-ring (bicyclic) bond motifs is 3. The molecule has 0 radical (unpaired) electrons. The number of phenols is 2. The van der Waals surface area contributed by atoms with Gasteiger partial charge in [0.2, 0.25) is 5.96 Å². The molecule has 2 aromatic carbocycles. The molecule has 1 aliphatic heterocycles. The van der Waals surface area contributed by atoms with Crippen LogP contribution in [-0.2, 0) is 21.4 Å². The summed E-state index contributed by atoms with van der Waals surface area (Å²) in [5, 5.41) is 52.6. The van der Waals surface area contributed by atoms with E-state index in [1.807, 2.05) is 25.3 Å². The van der Waals surface area contributed by atoms with Gasteiger partial charge in [0.15, 0.2) is 35.1 Å². The molecule has 12 heteroatoms. The van der Waals surface area contributed by atoms with Crippen molar-refractivity contribution in [3.05, 3.63) is 53.6 Å². The van der Waals surface area contributed by atoms with E-state index in [1.165, 1.54) is 0 Å². The molecule has 2 aromatic rings. The molecule has 0 aromatic heterocycles. The summed E-state index contributed by atoms with van der Waals surface area (Å²) in [6.07, 6.45) is 18.8. The molecule has 64 heavy (non-hydrogen) atoms. The molecule has 0 amide bonds. The molecule has 1 spiro atoms. The fourth-order valence-corrected chi connectivity index (χ4v) is 12.8. The third-order valence-electron chi connectivity index (χ3n) is 15.8. The van der Waals surface area contributed by atoms with E-state index in [-0.39, 0.29) is 47.1 Å². The van der Waals surface area contributed by atoms with Gasteiger partial charge < -0.3 is 45.3 Å². The number of aliphatic hydroxyl groups excluding tert-OH is 2. The van der Waals surface area contributed by atoms with Gasteiger partial charge in [-0.15, -0.1) is 0 Å². The first-order valence-electron chi connectivity index (χ1n) is 24.2. The maximum Gasteiger partial charge on any atom is 0.207 e. The van der Waals surface area contributed by atoms with Gasteiger partial charge in [0.25, 0.3) is 0 Å². The molecular weight excluding hydrogens is 809 g/mol. The monoisotopic (exact) mass is 883 g/mol. The number of hydrogen-bond acceptors (Lipinski definition) is 10. The number of nitrogens with one attached hydrogen (secondary N) is 3. The SMILES string of the molecule is CCCCC1CCC2CCCC23c2cc(c(O)c(OC4(CNC)CCC(CC(O)OCCCO)C4)c2)NC(=NC)NC#CCC2CCCC2(Cc2ccc(O)c(OC)c2)C(=O)C=CC13. The second kappa shape index (κ2) is 21.4. The molecule has 350 valence electrons. The van der Waals surface area contributed by atoms with E-state index < -0.39 is 17.3 Å². The van der Waals surface area contributed by atoms with Gasteiger partial charge in [-0.1, -0.05) is 50.7 Å². The molecule has 9 unspecified atom stereocenters. The lowest BCUT2D eigenvalue weighted by Crippen LogP contribution is -2.46. The largest absolute Gasteiger partial charge is 0.504 e. The highest BCUT2D eigenvalue weighted by molar-refractivity contribution is 5.97. The maximum atomic E-state index is 15.3. The number of rotatable bonds is 16. The van der Waals surface area contributed by atoms with Crippen molar-refractivity contribution < 1.29 is 39.4 Å². The Morgan fingerprint density at radius 3 is 2.62 bits per heavy atom. The van der Waals surface area contributed by atoms with Crippen molar-refractivity contribution in [3.8, 4) is 35.0 Å². The molecule has 4 fully saturated rings. The third kappa shape index (κ3) is 10.1. The van der Waals surface area contributed by atoms with E-state index in [4.69, 9.17) is 14.2 Å². The van der Waals surface area contributed by atoms with Crippen LogP contribution >= 0.6 is 0 Å². The van der Waals surface area contributed by atoms with Crippen molar-refractivity contribution in [1.82, 2.24) is 10.6 Å². The summed E-state index contributed by atoms with van der Waals surface area (Å²) in [5.41, 5.74) is 0.923. The number of ether oxygens (including phenoxy) is 3. The molecule has 4 aliphatic carbocycles. The standard InChI is InChI=1S/C52H74N4O8/c1-5-6-11-37-16-17-39-13-8-23-52(39)40-30-42(48(61)45(31-40)64-50(34-53-2)24-21-36(32-50)29-47(60)63-27-10-26-57)56-49(54-3)55-25-9-14-38-12-7-22-51(38,46(59)20-18-41(37)52)33-35-15-19-43(58)44(28-35)62-4/h15,18-20,28,30-31,36-39,41,47,53,57-58,60-61H,5-8,10-14,16-17,21-24,26-27,29,32-34H2,1-4H3,(H2,54,55,56). The van der Waals surface area contributed by atoms with Gasteiger partial charge in [-0.05, 0) is 155 Å². The van der Waals surface area contributed by atoms with Crippen LogP contribution in [0.2, 0.25) is 0 Å². The van der Waals surface area contributed by atoms with Crippen molar-refractivity contribution in [3.63, 3.8) is 0 Å². The fraction of sp³-hybridized carbons (Fsp3) is 0.654. The number of aromatic hydroxyl groups is 2. The third-order valence-corrected chi connectivity index (χ3v) is 15.8. The summed E-state index contributed by atoms with van der Waals surface area (Å²) >= 11 is 0. The minimum absolute atomic E-state index is 0.000217. The van der Waals surface area contributed by atoms with Crippen LogP contribution in [0.3, 0.4) is 0 Å². The van der Waals surface area contributed by atoms with Crippen LogP contribution in [0.25, 0.3) is 0 Å². The molecule has 0 saturated heterocycles. The van der Waals surface area contributed by atoms with E-state index in [0.29, 0.717) is 80.2 Å². The molecule has 7 N–H and O–H groups in total. The zero-order valence-electron chi connectivity index (χ0n) is 38.7. The van der Waals surface area contributed by atoms with Gasteiger partial charge >= 0.3 is 0 Å². The van der Waals surface area contributed by atoms with Crippen LogP contribution in [0.1, 0.15) is 127 Å². The first-order chi connectivity index (χ1) is 31.0. The Morgan fingerprint density at radius 1 is 1.02 bits per heavy atom. The van der Waals surface area contributed by atoms with Crippen molar-refractivity contribution in [2.75, 3.05) is 46.3 Å². The number of carbonyl (C=O) groups excluding carboxylic acids is 1. The predicted molar refractivity (Wildman–Crippen MR) is 251 cm³/mol. The van der Waals surface area contributed by atoms with Crippen molar-refractivity contribution >= 4 is 17.4 Å². The van der Waals surface area contributed by atoms with Crippen LogP contribution in [0.5, 0.6) is 23.0 Å². The molecule has 1 heterocycles. The van der Waals surface area contributed by atoms with Gasteiger partial charge in [-0.3, -0.25) is 15.1 Å². The van der Waals surface area contributed by atoms with E-state index in [1.54, 1.807) is 20.2 Å². The first kappa shape index (κ1) is 47.7. The number of guanidine groups is 1. The summed E-state index contributed by atoms with van der Waals surface area (Å²) < 4.78 is 18.3. The van der Waals surface area contributed by atoms with E-state index in [2.05, 4.69) is 58.0 Å².